The van der Waals surface area contributed by atoms with Gasteiger partial charge in [-0.25, -0.2) is 8.78 Å². The number of hydrogen-bond donors (Lipinski definition) is 1. The average molecular weight is 421 g/mol. The number of alkyl halides is 2. The molecule has 1 aliphatic rings. The van der Waals surface area contributed by atoms with Gasteiger partial charge in [-0.05, 0) is 23.1 Å². The van der Waals surface area contributed by atoms with Crippen molar-refractivity contribution >= 4 is 22.6 Å². The molecule has 0 radical (unpaired) electrons. The molecule has 1 N–H and O–H groups in total. The third-order valence-corrected chi connectivity index (χ3v) is 5.18. The fourth-order valence-corrected chi connectivity index (χ4v) is 3.71. The molecule has 1 atom stereocenters. The summed E-state index contributed by atoms with van der Waals surface area (Å²) in [5, 5.41) is 13.3. The molecule has 1 aromatic carbocycles. The second-order valence-electron chi connectivity index (χ2n) is 7.23. The molecule has 9 heteroatoms. The van der Waals surface area contributed by atoms with Crippen LogP contribution in [0.2, 0.25) is 0 Å². The lowest BCUT2D eigenvalue weighted by molar-refractivity contribution is -0.131. The number of nitrogens with one attached hydrogen (secondary N) is 1. The molecule has 1 fully saturated rings. The Balaban J connectivity index is 1.56. The molecule has 7 nitrogen and oxygen atoms in total. The molecule has 156 valence electrons. The molecule has 3 aromatic rings. The second-order valence-corrected chi connectivity index (χ2v) is 7.23. The smallest absolute Gasteiger partial charge is 0.268 e. The number of rotatable bonds is 4. The summed E-state index contributed by atoms with van der Waals surface area (Å²) in [7, 11) is 0. The minimum absolute atomic E-state index is 0.288. The van der Waals surface area contributed by atoms with Crippen LogP contribution in [0.3, 0.4) is 0 Å². The Kier molecular flexibility index (Phi) is 5.29. The molecule has 31 heavy (non-hydrogen) atoms. The zero-order valence-electron chi connectivity index (χ0n) is 16.3. The lowest BCUT2D eigenvalue weighted by Crippen LogP contribution is -2.43. The summed E-state index contributed by atoms with van der Waals surface area (Å²) >= 11 is 0. The van der Waals surface area contributed by atoms with E-state index in [1.54, 1.807) is 24.7 Å². The summed E-state index contributed by atoms with van der Waals surface area (Å²) in [4.78, 5) is 34.2. The minimum atomic E-state index is -3.11. The molecule has 1 saturated heterocycles. The number of aromatic nitrogens is 2. The Labute approximate surface area is 176 Å². The predicted molar refractivity (Wildman–Crippen MR) is 108 cm³/mol. The molecular formula is C22H17F2N5O2. The van der Waals surface area contributed by atoms with Crippen molar-refractivity contribution in [2.45, 2.75) is 18.4 Å². The highest BCUT2D eigenvalue weighted by Gasteiger charge is 2.47. The fraction of sp³-hybridized carbons (Fsp3) is 0.227. The summed E-state index contributed by atoms with van der Waals surface area (Å²) < 4.78 is 27.2. The number of nitriles is 1. The quantitative estimate of drug-likeness (QED) is 0.699. The monoisotopic (exact) mass is 421 g/mol. The van der Waals surface area contributed by atoms with E-state index in [4.69, 9.17) is 5.26 Å². The summed E-state index contributed by atoms with van der Waals surface area (Å²) in [6.45, 7) is -1.32. The topological polar surface area (TPSA) is 99.0 Å². The first-order valence-electron chi connectivity index (χ1n) is 9.52. The Hall–Kier alpha value is -3.93. The van der Waals surface area contributed by atoms with Gasteiger partial charge in [-0.3, -0.25) is 19.6 Å². The van der Waals surface area contributed by atoms with Gasteiger partial charge in [-0.15, -0.1) is 0 Å². The van der Waals surface area contributed by atoms with Crippen LogP contribution in [-0.2, 0) is 4.79 Å². The number of carbonyl (C=O) groups is 2. The van der Waals surface area contributed by atoms with Gasteiger partial charge in [0.1, 0.15) is 6.04 Å². The van der Waals surface area contributed by atoms with Gasteiger partial charge >= 0.3 is 0 Å². The highest BCUT2D eigenvalue weighted by atomic mass is 19.3. The summed E-state index contributed by atoms with van der Waals surface area (Å²) in [5.41, 5.74) is 1.62. The van der Waals surface area contributed by atoms with Gasteiger partial charge < -0.3 is 10.2 Å². The van der Waals surface area contributed by atoms with Crippen molar-refractivity contribution in [2.75, 3.05) is 13.1 Å². The maximum Gasteiger partial charge on any atom is 0.268 e. The van der Waals surface area contributed by atoms with Crippen LogP contribution in [0.1, 0.15) is 16.8 Å². The fourth-order valence-electron chi connectivity index (χ4n) is 3.71. The van der Waals surface area contributed by atoms with E-state index in [0.29, 0.717) is 5.56 Å². The van der Waals surface area contributed by atoms with Crippen molar-refractivity contribution in [2.24, 2.45) is 0 Å². The summed E-state index contributed by atoms with van der Waals surface area (Å²) in [5.74, 6) is -4.39. The van der Waals surface area contributed by atoms with Gasteiger partial charge in [0.05, 0.1) is 24.7 Å². The zero-order chi connectivity index (χ0) is 22.0. The molecule has 2 amide bonds. The van der Waals surface area contributed by atoms with Gasteiger partial charge in [0.25, 0.3) is 11.8 Å². The van der Waals surface area contributed by atoms with Crippen LogP contribution in [0.25, 0.3) is 21.9 Å². The first-order valence-corrected chi connectivity index (χ1v) is 9.52. The van der Waals surface area contributed by atoms with Crippen LogP contribution in [0, 0.1) is 11.3 Å². The molecule has 0 unspecified atom stereocenters. The third-order valence-electron chi connectivity index (χ3n) is 5.18. The molecule has 4 rings (SSSR count). The van der Waals surface area contributed by atoms with Gasteiger partial charge in [0, 0.05) is 42.2 Å². The van der Waals surface area contributed by atoms with Crippen LogP contribution in [0.5, 0.6) is 0 Å². The van der Waals surface area contributed by atoms with Crippen molar-refractivity contribution in [1.29, 1.82) is 5.26 Å². The van der Waals surface area contributed by atoms with E-state index in [-0.39, 0.29) is 5.56 Å². The summed E-state index contributed by atoms with van der Waals surface area (Å²) in [6.07, 6.45) is 5.68. The number of halogens is 2. The maximum absolute atomic E-state index is 13.6. The highest BCUT2D eigenvalue weighted by molar-refractivity contribution is 6.06. The van der Waals surface area contributed by atoms with E-state index in [2.05, 4.69) is 15.3 Å². The lowest BCUT2D eigenvalue weighted by atomic mass is 9.97. The number of nitrogens with zero attached hydrogens (tertiary/aromatic N) is 4. The van der Waals surface area contributed by atoms with Crippen LogP contribution in [0.15, 0.2) is 55.1 Å². The highest BCUT2D eigenvalue weighted by Crippen LogP contribution is 2.32. The van der Waals surface area contributed by atoms with Crippen LogP contribution in [-0.4, -0.2) is 51.7 Å². The Morgan fingerprint density at radius 2 is 1.94 bits per heavy atom. The van der Waals surface area contributed by atoms with Gasteiger partial charge in [0.2, 0.25) is 5.91 Å². The summed E-state index contributed by atoms with van der Waals surface area (Å²) in [6, 6.07) is 9.46. The number of carbonyl (C=O) groups excluding carboxylic acids is 2. The number of amides is 2. The number of benzene rings is 1. The maximum atomic E-state index is 13.6. The molecule has 0 saturated carbocycles. The van der Waals surface area contributed by atoms with Gasteiger partial charge in [0.15, 0.2) is 0 Å². The Morgan fingerprint density at radius 3 is 2.74 bits per heavy atom. The molecule has 1 aliphatic heterocycles. The molecular weight excluding hydrogens is 404 g/mol. The lowest BCUT2D eigenvalue weighted by Gasteiger charge is -2.19. The van der Waals surface area contributed by atoms with E-state index in [1.165, 1.54) is 12.3 Å². The largest absolute Gasteiger partial charge is 0.343 e. The van der Waals surface area contributed by atoms with Crippen LogP contribution in [0.4, 0.5) is 8.78 Å². The van der Waals surface area contributed by atoms with Crippen molar-refractivity contribution in [3.05, 3.63) is 60.7 Å². The minimum Gasteiger partial charge on any atom is -0.343 e. The first-order chi connectivity index (χ1) is 14.9. The molecule has 2 aromatic heterocycles. The van der Waals surface area contributed by atoms with Crippen molar-refractivity contribution < 1.29 is 18.4 Å². The zero-order valence-corrected chi connectivity index (χ0v) is 16.3. The van der Waals surface area contributed by atoms with Crippen molar-refractivity contribution in [3.63, 3.8) is 0 Å². The third kappa shape index (κ3) is 4.05. The van der Waals surface area contributed by atoms with E-state index in [1.807, 2.05) is 24.3 Å². The SMILES string of the molecule is N#C[C@@H]1CC(F)(F)CN1C(=O)CNC(=O)c1ccncc1-c1cccc2cnccc12. The van der Waals surface area contributed by atoms with Crippen LogP contribution < -0.4 is 5.32 Å². The molecule has 0 bridgehead atoms. The normalized spacial score (nSPS) is 17.3. The van der Waals surface area contributed by atoms with Crippen molar-refractivity contribution in [3.8, 4) is 17.2 Å². The van der Waals surface area contributed by atoms with E-state index in [9.17, 15) is 18.4 Å². The number of fused-ring (bicyclic) bond motifs is 1. The Bertz CT molecular complexity index is 1200. The van der Waals surface area contributed by atoms with Gasteiger partial charge in [-0.2, -0.15) is 5.26 Å². The molecule has 0 spiro atoms. The number of hydrogen-bond acceptors (Lipinski definition) is 5. The van der Waals surface area contributed by atoms with Crippen LogP contribution >= 0.6 is 0 Å². The number of pyridine rings is 2. The Morgan fingerprint density at radius 1 is 1.16 bits per heavy atom. The first kappa shape index (κ1) is 20.3. The van der Waals surface area contributed by atoms with E-state index < -0.39 is 43.3 Å². The predicted octanol–water partition coefficient (Wildman–Crippen LogP) is 2.79. The van der Waals surface area contributed by atoms with Crippen molar-refractivity contribution in [1.82, 2.24) is 20.2 Å². The van der Waals surface area contributed by atoms with E-state index in [0.717, 1.165) is 21.2 Å². The number of likely N-dealkylation sites (tertiary alicyclic amines) is 1. The standard InChI is InChI=1S/C22H17F2N5O2/c23-22(24)8-15(9-25)29(13-22)20(30)12-28-21(31)18-5-7-27-11-19(18)17-3-1-2-14-10-26-6-4-16(14)17/h1-7,10-11,15H,8,12-13H2,(H,28,31)/t15-/m0/s1. The molecule has 0 aliphatic carbocycles. The second kappa shape index (κ2) is 8.07. The average Bonchev–Trinajstić information content (AvgIpc) is 3.11. The van der Waals surface area contributed by atoms with Gasteiger partial charge in [-0.1, -0.05) is 18.2 Å². The van der Waals surface area contributed by atoms with E-state index >= 15 is 0 Å². The molecule has 3 heterocycles.